The van der Waals surface area contributed by atoms with Gasteiger partial charge in [-0.05, 0) is 37.3 Å². The number of nitrogens with one attached hydrogen (secondary N) is 1. The minimum absolute atomic E-state index is 0.113. The van der Waals surface area contributed by atoms with Crippen LogP contribution in [-0.4, -0.2) is 42.6 Å². The summed E-state index contributed by atoms with van der Waals surface area (Å²) in [5.41, 5.74) is 0.832. The molecule has 158 valence electrons. The van der Waals surface area contributed by atoms with Gasteiger partial charge in [0.05, 0.1) is 36.7 Å². The molecule has 0 aromatic heterocycles. The smallest absolute Gasteiger partial charge is 0.338 e. The summed E-state index contributed by atoms with van der Waals surface area (Å²) in [6, 6.07) is 16.0. The summed E-state index contributed by atoms with van der Waals surface area (Å²) < 4.78 is 11.2. The van der Waals surface area contributed by atoms with Crippen LogP contribution in [0.5, 0.6) is 0 Å². The number of fused-ring (bicyclic) bond motifs is 1. The van der Waals surface area contributed by atoms with Gasteiger partial charge in [-0.25, -0.2) is 4.79 Å². The van der Waals surface area contributed by atoms with Crippen molar-refractivity contribution in [3.05, 3.63) is 72.3 Å². The van der Waals surface area contributed by atoms with Gasteiger partial charge in [0.25, 0.3) is 0 Å². The summed E-state index contributed by atoms with van der Waals surface area (Å²) in [7, 11) is 0. The molecule has 3 aliphatic heterocycles. The highest BCUT2D eigenvalue weighted by Crippen LogP contribution is 2.52. The van der Waals surface area contributed by atoms with Crippen LogP contribution in [0.15, 0.2) is 66.7 Å². The van der Waals surface area contributed by atoms with Crippen LogP contribution in [0.1, 0.15) is 17.3 Å². The van der Waals surface area contributed by atoms with E-state index in [2.05, 4.69) is 5.32 Å². The van der Waals surface area contributed by atoms with Crippen molar-refractivity contribution < 1.29 is 23.9 Å². The van der Waals surface area contributed by atoms with Gasteiger partial charge in [0.15, 0.2) is 0 Å². The molecule has 4 atom stereocenters. The first-order valence-corrected chi connectivity index (χ1v) is 10.3. The zero-order valence-corrected chi connectivity index (χ0v) is 17.0. The number of hydrogen-bond acceptors (Lipinski definition) is 5. The summed E-state index contributed by atoms with van der Waals surface area (Å²) in [5, 5.41) is 2.86. The second kappa shape index (κ2) is 7.35. The number of benzene rings is 2. The lowest BCUT2D eigenvalue weighted by molar-refractivity contribution is -0.128. The van der Waals surface area contributed by atoms with Crippen molar-refractivity contribution in [2.75, 3.05) is 23.4 Å². The molecular weight excluding hydrogens is 396 g/mol. The molecule has 2 amide bonds. The maximum atomic E-state index is 13.3. The average Bonchev–Trinajstić information content (AvgIpc) is 3.43. The first kappa shape index (κ1) is 19.5. The molecule has 2 bridgehead atoms. The molecule has 7 nitrogen and oxygen atoms in total. The van der Waals surface area contributed by atoms with E-state index in [0.717, 1.165) is 5.69 Å². The molecule has 7 heteroatoms. The number of rotatable bonds is 5. The van der Waals surface area contributed by atoms with Gasteiger partial charge in [-0.15, -0.1) is 0 Å². The molecule has 1 spiro atoms. The lowest BCUT2D eigenvalue weighted by atomic mass is 9.76. The minimum atomic E-state index is -0.785. The molecule has 2 fully saturated rings. The van der Waals surface area contributed by atoms with Gasteiger partial charge in [0.2, 0.25) is 11.8 Å². The number of hydrogen-bond donors (Lipinski definition) is 1. The lowest BCUT2D eigenvalue weighted by Crippen LogP contribution is -2.41. The average molecular weight is 418 g/mol. The highest BCUT2D eigenvalue weighted by atomic mass is 16.5. The highest BCUT2D eigenvalue weighted by Gasteiger charge is 2.67. The number of amides is 2. The van der Waals surface area contributed by atoms with Crippen molar-refractivity contribution in [3.8, 4) is 0 Å². The quantitative estimate of drug-likeness (QED) is 0.596. The number of carbonyl (C=O) groups excluding carboxylic acids is 3. The summed E-state index contributed by atoms with van der Waals surface area (Å²) in [6.45, 7) is 2.39. The Balaban J connectivity index is 1.38. The van der Waals surface area contributed by atoms with Gasteiger partial charge in [0, 0.05) is 11.4 Å². The summed E-state index contributed by atoms with van der Waals surface area (Å²) in [4.78, 5) is 40.2. The molecule has 2 saturated heterocycles. The predicted molar refractivity (Wildman–Crippen MR) is 114 cm³/mol. The fraction of sp³-hybridized carbons (Fsp3) is 0.292. The van der Waals surface area contributed by atoms with E-state index < -0.39 is 29.5 Å². The maximum absolute atomic E-state index is 13.3. The summed E-state index contributed by atoms with van der Waals surface area (Å²) in [6.07, 6.45) is 3.35. The Labute approximate surface area is 179 Å². The Morgan fingerprint density at radius 3 is 2.77 bits per heavy atom. The van der Waals surface area contributed by atoms with Gasteiger partial charge in [-0.2, -0.15) is 0 Å². The van der Waals surface area contributed by atoms with Crippen molar-refractivity contribution in [2.45, 2.75) is 18.6 Å². The van der Waals surface area contributed by atoms with E-state index in [1.165, 1.54) is 0 Å². The first-order valence-electron chi connectivity index (χ1n) is 10.3. The van der Waals surface area contributed by atoms with Crippen LogP contribution in [-0.2, 0) is 19.1 Å². The van der Waals surface area contributed by atoms with E-state index >= 15 is 0 Å². The topological polar surface area (TPSA) is 84.9 Å². The SMILES string of the molecule is CCOC(=O)c1cccc(NC(=O)[C@@H]2[C@H]3C=C[C@@]4(CN(c5ccccc5)C(=O)[C@@H]24)O3)c1. The number of ether oxygens (including phenoxy) is 2. The molecule has 3 aliphatic rings. The van der Waals surface area contributed by atoms with Crippen molar-refractivity contribution in [1.29, 1.82) is 0 Å². The third-order valence-corrected chi connectivity index (χ3v) is 6.11. The van der Waals surface area contributed by atoms with Crippen molar-refractivity contribution >= 4 is 29.2 Å². The fourth-order valence-electron chi connectivity index (χ4n) is 4.79. The molecule has 31 heavy (non-hydrogen) atoms. The number of carbonyl (C=O) groups is 3. The molecule has 1 N–H and O–H groups in total. The third kappa shape index (κ3) is 3.13. The van der Waals surface area contributed by atoms with Crippen molar-refractivity contribution in [3.63, 3.8) is 0 Å². The highest BCUT2D eigenvalue weighted by molar-refractivity contribution is 6.05. The van der Waals surface area contributed by atoms with Crippen LogP contribution >= 0.6 is 0 Å². The number of anilines is 2. The maximum Gasteiger partial charge on any atom is 0.338 e. The van der Waals surface area contributed by atoms with E-state index in [1.807, 2.05) is 42.5 Å². The largest absolute Gasteiger partial charge is 0.462 e. The van der Waals surface area contributed by atoms with Crippen LogP contribution in [0.25, 0.3) is 0 Å². The van der Waals surface area contributed by atoms with Crippen LogP contribution in [0, 0.1) is 11.8 Å². The molecule has 2 aromatic carbocycles. The lowest BCUT2D eigenvalue weighted by Gasteiger charge is -2.23. The van der Waals surface area contributed by atoms with E-state index in [-0.39, 0.29) is 18.4 Å². The minimum Gasteiger partial charge on any atom is -0.462 e. The zero-order chi connectivity index (χ0) is 21.6. The number of esters is 1. The molecule has 0 aliphatic carbocycles. The van der Waals surface area contributed by atoms with Gasteiger partial charge in [0.1, 0.15) is 5.60 Å². The number of nitrogens with zero attached hydrogens (tertiary/aromatic N) is 1. The Morgan fingerprint density at radius 1 is 1.19 bits per heavy atom. The van der Waals surface area contributed by atoms with E-state index in [4.69, 9.17) is 9.47 Å². The van der Waals surface area contributed by atoms with Crippen molar-refractivity contribution in [2.24, 2.45) is 11.8 Å². The Bertz CT molecular complexity index is 1080. The van der Waals surface area contributed by atoms with Crippen LogP contribution in [0.4, 0.5) is 11.4 Å². The molecular formula is C24H22N2O5. The third-order valence-electron chi connectivity index (χ3n) is 6.11. The summed E-state index contributed by atoms with van der Waals surface area (Å²) >= 11 is 0. The molecule has 0 radical (unpaired) electrons. The van der Waals surface area contributed by atoms with Crippen LogP contribution < -0.4 is 10.2 Å². The Kier molecular flexibility index (Phi) is 4.63. The van der Waals surface area contributed by atoms with Gasteiger partial charge < -0.3 is 19.7 Å². The second-order valence-electron chi connectivity index (χ2n) is 7.95. The molecule has 3 heterocycles. The van der Waals surface area contributed by atoms with E-state index in [1.54, 1.807) is 36.1 Å². The van der Waals surface area contributed by atoms with Crippen molar-refractivity contribution in [1.82, 2.24) is 0 Å². The van der Waals surface area contributed by atoms with E-state index in [9.17, 15) is 14.4 Å². The van der Waals surface area contributed by atoms with Crippen LogP contribution in [0.2, 0.25) is 0 Å². The van der Waals surface area contributed by atoms with E-state index in [0.29, 0.717) is 17.8 Å². The van der Waals surface area contributed by atoms with Gasteiger partial charge in [-0.3, -0.25) is 9.59 Å². The second-order valence-corrected chi connectivity index (χ2v) is 7.95. The first-order chi connectivity index (χ1) is 15.0. The monoisotopic (exact) mass is 418 g/mol. The molecule has 5 rings (SSSR count). The summed E-state index contributed by atoms with van der Waals surface area (Å²) in [5.74, 6) is -2.09. The molecule has 0 saturated carbocycles. The number of para-hydroxylation sites is 1. The Hall–Kier alpha value is -3.45. The fourth-order valence-corrected chi connectivity index (χ4v) is 4.79. The normalized spacial score (nSPS) is 28.0. The van der Waals surface area contributed by atoms with Gasteiger partial charge >= 0.3 is 5.97 Å². The Morgan fingerprint density at radius 2 is 2.00 bits per heavy atom. The van der Waals surface area contributed by atoms with Crippen LogP contribution in [0.3, 0.4) is 0 Å². The zero-order valence-electron chi connectivity index (χ0n) is 17.0. The molecule has 0 unspecified atom stereocenters. The standard InChI is InChI=1S/C24H22N2O5/c1-2-30-23(29)15-7-6-8-16(13-15)25-21(27)19-18-11-12-24(31-18)14-26(22(28)20(19)24)17-9-4-3-5-10-17/h3-13,18-20H,2,14H2,1H3,(H,25,27)/t18-,19-,20-,24+/m1/s1. The van der Waals surface area contributed by atoms with Gasteiger partial charge in [-0.1, -0.05) is 36.4 Å². The predicted octanol–water partition coefficient (Wildman–Crippen LogP) is 2.79. The molecule has 2 aromatic rings.